The highest BCUT2D eigenvalue weighted by molar-refractivity contribution is 7.54. The molecule has 22 heavy (non-hydrogen) atoms. The predicted molar refractivity (Wildman–Crippen MR) is 83.8 cm³/mol. The van der Waals surface area contributed by atoms with Gasteiger partial charge >= 0.3 is 13.7 Å². The fraction of sp³-hybridized carbons (Fsp3) is 0.933. The molecule has 0 bridgehead atoms. The molecule has 1 saturated heterocycles. The monoisotopic (exact) mass is 333 g/mol. The first kappa shape index (κ1) is 17.8. The lowest BCUT2D eigenvalue weighted by atomic mass is 9.85. The van der Waals surface area contributed by atoms with Gasteiger partial charge in [-0.05, 0) is 46.0 Å². The van der Waals surface area contributed by atoms with Crippen LogP contribution < -0.4 is 0 Å². The van der Waals surface area contributed by atoms with Gasteiger partial charge in [0, 0.05) is 20.3 Å². The van der Waals surface area contributed by atoms with Gasteiger partial charge in [-0.3, -0.25) is 9.46 Å². The first-order valence-corrected chi connectivity index (χ1v) is 9.55. The van der Waals surface area contributed by atoms with Crippen molar-refractivity contribution in [3.8, 4) is 0 Å². The van der Waals surface area contributed by atoms with E-state index < -0.39 is 25.1 Å². The highest BCUT2D eigenvalue weighted by atomic mass is 31.2. The summed E-state index contributed by atoms with van der Waals surface area (Å²) in [6.07, 6.45) is 4.45. The zero-order valence-corrected chi connectivity index (χ0v) is 15.1. The van der Waals surface area contributed by atoms with E-state index in [1.807, 2.05) is 20.8 Å². The van der Waals surface area contributed by atoms with Crippen LogP contribution in [0.3, 0.4) is 0 Å². The van der Waals surface area contributed by atoms with Gasteiger partial charge in [0.1, 0.15) is 11.4 Å². The number of likely N-dealkylation sites (tertiary alicyclic amines) is 1. The van der Waals surface area contributed by atoms with Crippen LogP contribution in [0.15, 0.2) is 0 Å². The molecule has 0 aromatic rings. The van der Waals surface area contributed by atoms with E-state index in [4.69, 9.17) is 13.8 Å². The highest BCUT2D eigenvalue weighted by Gasteiger charge is 2.53. The third kappa shape index (κ3) is 3.50. The minimum absolute atomic E-state index is 0.0761. The lowest BCUT2D eigenvalue weighted by Crippen LogP contribution is -2.46. The maximum atomic E-state index is 12.9. The first-order chi connectivity index (χ1) is 10.2. The van der Waals surface area contributed by atoms with E-state index in [0.717, 1.165) is 25.7 Å². The molecular formula is C15H28NO5P. The van der Waals surface area contributed by atoms with Crippen molar-refractivity contribution in [2.45, 2.75) is 70.3 Å². The van der Waals surface area contributed by atoms with Crippen LogP contribution in [0.25, 0.3) is 0 Å². The Hall–Kier alpha value is -0.580. The van der Waals surface area contributed by atoms with Gasteiger partial charge in [0.15, 0.2) is 0 Å². The molecule has 128 valence electrons. The molecule has 0 aromatic carbocycles. The molecule has 2 fully saturated rings. The Bertz CT molecular complexity index is 453. The summed E-state index contributed by atoms with van der Waals surface area (Å²) < 4.78 is 28.8. The van der Waals surface area contributed by atoms with E-state index in [-0.39, 0.29) is 6.04 Å². The Kier molecular flexibility index (Phi) is 5.25. The van der Waals surface area contributed by atoms with E-state index in [0.29, 0.717) is 12.3 Å². The van der Waals surface area contributed by atoms with Crippen molar-refractivity contribution in [3.05, 3.63) is 0 Å². The van der Waals surface area contributed by atoms with Gasteiger partial charge in [-0.25, -0.2) is 4.79 Å². The van der Waals surface area contributed by atoms with Gasteiger partial charge in [0.2, 0.25) is 0 Å². The van der Waals surface area contributed by atoms with Gasteiger partial charge in [0.05, 0.1) is 0 Å². The third-order valence-corrected chi connectivity index (χ3v) is 6.75. The molecule has 7 heteroatoms. The van der Waals surface area contributed by atoms with E-state index in [1.165, 1.54) is 14.2 Å². The number of rotatable bonds is 3. The predicted octanol–water partition coefficient (Wildman–Crippen LogP) is 4.00. The van der Waals surface area contributed by atoms with Crippen molar-refractivity contribution in [1.29, 1.82) is 0 Å². The molecule has 1 aliphatic carbocycles. The Labute approximate surface area is 133 Å². The summed E-state index contributed by atoms with van der Waals surface area (Å²) in [5.74, 6) is -0.199. The molecular weight excluding hydrogens is 305 g/mol. The maximum Gasteiger partial charge on any atom is 0.411 e. The van der Waals surface area contributed by atoms with Crippen LogP contribution in [-0.2, 0) is 18.3 Å². The summed E-state index contributed by atoms with van der Waals surface area (Å²) in [6, 6.07) is 0.0761. The molecule has 0 radical (unpaired) electrons. The molecule has 1 amide bonds. The summed E-state index contributed by atoms with van der Waals surface area (Å²) in [6.45, 7) is 5.50. The van der Waals surface area contributed by atoms with Crippen molar-refractivity contribution in [1.82, 2.24) is 4.90 Å². The van der Waals surface area contributed by atoms with E-state index in [9.17, 15) is 9.36 Å². The normalized spacial score (nSPS) is 29.3. The summed E-state index contributed by atoms with van der Waals surface area (Å²) in [4.78, 5) is 14.3. The standard InChI is InChI=1S/C15H28NO5P/c1-15(2,3)21-14(17)16-12-9-7-6-8-11(12)10-13(16)22(18,19-4)20-5/h11-13H,6-10H2,1-5H3/t11-,12-,13+/m0/s1. The Morgan fingerprint density at radius 3 is 2.27 bits per heavy atom. The van der Waals surface area contributed by atoms with Gasteiger partial charge < -0.3 is 13.8 Å². The van der Waals surface area contributed by atoms with E-state index >= 15 is 0 Å². The van der Waals surface area contributed by atoms with E-state index in [1.54, 1.807) is 4.90 Å². The third-order valence-electron chi connectivity index (χ3n) is 4.54. The number of ether oxygens (including phenoxy) is 1. The second kappa shape index (κ2) is 6.50. The number of hydrogen-bond acceptors (Lipinski definition) is 5. The number of amides is 1. The smallest absolute Gasteiger partial charge is 0.411 e. The van der Waals surface area contributed by atoms with Crippen molar-refractivity contribution >= 4 is 13.7 Å². The molecule has 1 aliphatic heterocycles. The Morgan fingerprint density at radius 1 is 1.14 bits per heavy atom. The van der Waals surface area contributed by atoms with Gasteiger partial charge in [0.25, 0.3) is 0 Å². The average Bonchev–Trinajstić information content (AvgIpc) is 2.84. The number of hydrogen-bond donors (Lipinski definition) is 0. The van der Waals surface area contributed by atoms with Crippen LogP contribution >= 0.6 is 7.60 Å². The number of nitrogens with zero attached hydrogens (tertiary/aromatic N) is 1. The van der Waals surface area contributed by atoms with Gasteiger partial charge in [-0.2, -0.15) is 0 Å². The zero-order chi connectivity index (χ0) is 16.5. The van der Waals surface area contributed by atoms with Crippen LogP contribution in [0.5, 0.6) is 0 Å². The lowest BCUT2D eigenvalue weighted by molar-refractivity contribution is 0.0135. The van der Waals surface area contributed by atoms with Crippen molar-refractivity contribution in [2.75, 3.05) is 14.2 Å². The van der Waals surface area contributed by atoms with E-state index in [2.05, 4.69) is 0 Å². The fourth-order valence-corrected chi connectivity index (χ4v) is 5.34. The zero-order valence-electron chi connectivity index (χ0n) is 14.2. The van der Waals surface area contributed by atoms with Crippen LogP contribution in [0.1, 0.15) is 52.9 Å². The van der Waals surface area contributed by atoms with Crippen molar-refractivity contribution in [3.63, 3.8) is 0 Å². The average molecular weight is 333 g/mol. The Balaban J connectivity index is 2.30. The molecule has 1 saturated carbocycles. The van der Waals surface area contributed by atoms with Gasteiger partial charge in [-0.15, -0.1) is 0 Å². The molecule has 0 N–H and O–H groups in total. The topological polar surface area (TPSA) is 65.1 Å². The molecule has 1 heterocycles. The number of fused-ring (bicyclic) bond motifs is 1. The minimum atomic E-state index is -3.35. The second-order valence-electron chi connectivity index (χ2n) is 7.12. The SMILES string of the molecule is COP(=O)(OC)[C@@H]1C[C@@H]2CCCC[C@@H]2N1C(=O)OC(C)(C)C. The van der Waals surface area contributed by atoms with Crippen LogP contribution in [0.4, 0.5) is 4.79 Å². The number of carbonyl (C=O) groups is 1. The molecule has 0 spiro atoms. The summed E-state index contributed by atoms with van der Waals surface area (Å²) in [7, 11) is -0.603. The molecule has 2 aliphatic rings. The lowest BCUT2D eigenvalue weighted by Gasteiger charge is -2.36. The maximum absolute atomic E-state index is 12.9. The summed E-state index contributed by atoms with van der Waals surface area (Å²) >= 11 is 0. The van der Waals surface area contributed by atoms with Crippen LogP contribution in [-0.4, -0.2) is 42.6 Å². The molecule has 0 unspecified atom stereocenters. The number of carbonyl (C=O) groups excluding carboxylic acids is 1. The molecule has 0 aromatic heterocycles. The molecule has 6 nitrogen and oxygen atoms in total. The molecule has 2 rings (SSSR count). The summed E-state index contributed by atoms with van der Waals surface area (Å²) in [5, 5.41) is 0. The first-order valence-electron chi connectivity index (χ1n) is 7.94. The van der Waals surface area contributed by atoms with Crippen LogP contribution in [0, 0.1) is 5.92 Å². The summed E-state index contributed by atoms with van der Waals surface area (Å²) in [5.41, 5.74) is -0.585. The van der Waals surface area contributed by atoms with Crippen LogP contribution in [0.2, 0.25) is 0 Å². The van der Waals surface area contributed by atoms with Gasteiger partial charge in [-0.1, -0.05) is 12.8 Å². The molecule has 3 atom stereocenters. The Morgan fingerprint density at radius 2 is 1.73 bits per heavy atom. The van der Waals surface area contributed by atoms with Crippen molar-refractivity contribution < 1.29 is 23.1 Å². The van der Waals surface area contributed by atoms with Crippen molar-refractivity contribution in [2.24, 2.45) is 5.92 Å². The minimum Gasteiger partial charge on any atom is -0.444 e. The highest BCUT2D eigenvalue weighted by Crippen LogP contribution is 2.60. The second-order valence-corrected chi connectivity index (χ2v) is 9.53. The largest absolute Gasteiger partial charge is 0.444 e. The fourth-order valence-electron chi connectivity index (χ4n) is 3.61. The quantitative estimate of drug-likeness (QED) is 0.731.